The third-order valence-corrected chi connectivity index (χ3v) is 1.75. The molecule has 1 N–H and O–H groups in total. The number of rotatable bonds is 9. The van der Waals surface area contributed by atoms with Crippen LogP contribution in [0.25, 0.3) is 0 Å². The van der Waals surface area contributed by atoms with Crippen molar-refractivity contribution in [1.29, 1.82) is 0 Å². The average Bonchev–Trinajstić information content (AvgIpc) is 2.21. The second-order valence-corrected chi connectivity index (χ2v) is 3.31. The number of hydrogen-bond acceptors (Lipinski definition) is 4. The minimum Gasteiger partial charge on any atom is -0.462 e. The van der Waals surface area contributed by atoms with Gasteiger partial charge in [0.25, 0.3) is 0 Å². The molecule has 88 valence electrons. The van der Waals surface area contributed by atoms with Gasteiger partial charge in [0.1, 0.15) is 0 Å². The summed E-state index contributed by atoms with van der Waals surface area (Å²) in [6.07, 6.45) is 2.71. The first-order valence-electron chi connectivity index (χ1n) is 5.19. The van der Waals surface area contributed by atoms with Gasteiger partial charge in [-0.25, -0.2) is 4.79 Å². The van der Waals surface area contributed by atoms with E-state index in [1.165, 1.54) is 0 Å². The van der Waals surface area contributed by atoms with Crippen molar-refractivity contribution < 1.29 is 19.4 Å². The summed E-state index contributed by atoms with van der Waals surface area (Å²) in [5.74, 6) is -0.327. The Morgan fingerprint density at radius 2 is 1.87 bits per heavy atom. The van der Waals surface area contributed by atoms with E-state index in [9.17, 15) is 4.79 Å². The summed E-state index contributed by atoms with van der Waals surface area (Å²) in [4.78, 5) is 10.9. The van der Waals surface area contributed by atoms with Crippen LogP contribution in [0.3, 0.4) is 0 Å². The van der Waals surface area contributed by atoms with E-state index in [0.29, 0.717) is 25.4 Å². The highest BCUT2D eigenvalue weighted by molar-refractivity contribution is 5.86. The molecule has 0 atom stereocenters. The van der Waals surface area contributed by atoms with Gasteiger partial charge in [0.05, 0.1) is 19.8 Å². The highest BCUT2D eigenvalue weighted by Gasteiger charge is 2.01. The quantitative estimate of drug-likeness (QED) is 0.358. The Balaban J connectivity index is 3.11. The Kier molecular flexibility index (Phi) is 9.11. The van der Waals surface area contributed by atoms with E-state index in [1.807, 2.05) is 0 Å². The number of unbranched alkanes of at least 4 members (excludes halogenated alkanes) is 2. The number of carbonyl (C=O) groups excluding carboxylic acids is 1. The van der Waals surface area contributed by atoms with Crippen LogP contribution in [-0.2, 0) is 14.3 Å². The highest BCUT2D eigenvalue weighted by atomic mass is 16.5. The van der Waals surface area contributed by atoms with E-state index in [1.54, 1.807) is 6.92 Å². The summed E-state index contributed by atoms with van der Waals surface area (Å²) in [7, 11) is 0. The molecule has 0 aliphatic rings. The molecule has 0 aromatic heterocycles. The lowest BCUT2D eigenvalue weighted by atomic mass is 10.2. The van der Waals surface area contributed by atoms with Crippen molar-refractivity contribution in [3.05, 3.63) is 12.2 Å². The summed E-state index contributed by atoms with van der Waals surface area (Å²) < 4.78 is 9.99. The van der Waals surface area contributed by atoms with Crippen molar-refractivity contribution in [2.75, 3.05) is 26.4 Å². The number of esters is 1. The molecule has 0 saturated carbocycles. The van der Waals surface area contributed by atoms with Crippen LogP contribution in [0.5, 0.6) is 0 Å². The van der Waals surface area contributed by atoms with Gasteiger partial charge >= 0.3 is 5.97 Å². The SMILES string of the molecule is C=C(C)C(=O)OCCCCCOCCO. The number of carbonyl (C=O) groups is 1. The van der Waals surface area contributed by atoms with E-state index < -0.39 is 0 Å². The van der Waals surface area contributed by atoms with E-state index in [0.717, 1.165) is 19.3 Å². The van der Waals surface area contributed by atoms with E-state index in [-0.39, 0.29) is 12.6 Å². The summed E-state index contributed by atoms with van der Waals surface area (Å²) in [6, 6.07) is 0. The molecule has 0 unspecified atom stereocenters. The molecule has 0 aromatic carbocycles. The zero-order valence-electron chi connectivity index (χ0n) is 9.33. The molecule has 0 fully saturated rings. The summed E-state index contributed by atoms with van der Waals surface area (Å²) in [5.41, 5.74) is 0.432. The molecule has 0 aromatic rings. The van der Waals surface area contributed by atoms with Crippen molar-refractivity contribution in [2.24, 2.45) is 0 Å². The minimum absolute atomic E-state index is 0.0657. The van der Waals surface area contributed by atoms with Crippen LogP contribution in [0.15, 0.2) is 12.2 Å². The van der Waals surface area contributed by atoms with Gasteiger partial charge in [0.2, 0.25) is 0 Å². The maximum absolute atomic E-state index is 10.9. The molecule has 0 heterocycles. The van der Waals surface area contributed by atoms with Crippen molar-refractivity contribution in [1.82, 2.24) is 0 Å². The Labute approximate surface area is 90.9 Å². The molecule has 0 aliphatic carbocycles. The first-order valence-corrected chi connectivity index (χ1v) is 5.19. The normalized spacial score (nSPS) is 10.0. The molecule has 0 bridgehead atoms. The highest BCUT2D eigenvalue weighted by Crippen LogP contribution is 1.99. The molecule has 0 aliphatic heterocycles. The Bertz CT molecular complexity index is 189. The Hall–Kier alpha value is -0.870. The van der Waals surface area contributed by atoms with Gasteiger partial charge in [-0.3, -0.25) is 0 Å². The first kappa shape index (κ1) is 14.1. The molecule has 0 rings (SSSR count). The Morgan fingerprint density at radius 3 is 2.47 bits per heavy atom. The molecule has 4 heteroatoms. The molecule has 0 saturated heterocycles. The fourth-order valence-electron chi connectivity index (χ4n) is 0.938. The van der Waals surface area contributed by atoms with Gasteiger partial charge in [0.15, 0.2) is 0 Å². The third-order valence-electron chi connectivity index (χ3n) is 1.75. The van der Waals surface area contributed by atoms with Gasteiger partial charge in [0, 0.05) is 12.2 Å². The summed E-state index contributed by atoms with van der Waals surface area (Å²) in [6.45, 7) is 6.66. The maximum Gasteiger partial charge on any atom is 0.333 e. The van der Waals surface area contributed by atoms with Crippen LogP contribution in [0, 0.1) is 0 Å². The zero-order valence-corrected chi connectivity index (χ0v) is 9.33. The van der Waals surface area contributed by atoms with Crippen LogP contribution in [0.4, 0.5) is 0 Å². The number of aliphatic hydroxyl groups is 1. The number of aliphatic hydroxyl groups excluding tert-OH is 1. The largest absolute Gasteiger partial charge is 0.462 e. The van der Waals surface area contributed by atoms with E-state index in [2.05, 4.69) is 6.58 Å². The van der Waals surface area contributed by atoms with Crippen molar-refractivity contribution in [2.45, 2.75) is 26.2 Å². The van der Waals surface area contributed by atoms with Crippen molar-refractivity contribution in [3.8, 4) is 0 Å². The zero-order chi connectivity index (χ0) is 11.5. The summed E-state index contributed by atoms with van der Waals surface area (Å²) in [5, 5.41) is 8.43. The topological polar surface area (TPSA) is 55.8 Å². The predicted octanol–water partition coefficient (Wildman–Crippen LogP) is 1.28. The molecule has 4 nitrogen and oxygen atoms in total. The lowest BCUT2D eigenvalue weighted by Crippen LogP contribution is -2.06. The standard InChI is InChI=1S/C11H20O4/c1-10(2)11(13)15-8-5-3-4-7-14-9-6-12/h12H,1,3-9H2,2H3. The maximum atomic E-state index is 10.9. The molecule has 0 spiro atoms. The van der Waals surface area contributed by atoms with E-state index in [4.69, 9.17) is 14.6 Å². The third kappa shape index (κ3) is 9.43. The van der Waals surface area contributed by atoms with Crippen LogP contribution < -0.4 is 0 Å². The van der Waals surface area contributed by atoms with E-state index >= 15 is 0 Å². The second kappa shape index (κ2) is 9.68. The lowest BCUT2D eigenvalue weighted by Gasteiger charge is -2.04. The van der Waals surface area contributed by atoms with Gasteiger partial charge in [-0.2, -0.15) is 0 Å². The number of hydrogen-bond donors (Lipinski definition) is 1. The van der Waals surface area contributed by atoms with Crippen LogP contribution in [0.2, 0.25) is 0 Å². The van der Waals surface area contributed by atoms with Crippen molar-refractivity contribution in [3.63, 3.8) is 0 Å². The van der Waals surface area contributed by atoms with Crippen molar-refractivity contribution >= 4 is 5.97 Å². The molecule has 0 amide bonds. The Morgan fingerprint density at radius 1 is 1.20 bits per heavy atom. The first-order chi connectivity index (χ1) is 7.18. The second-order valence-electron chi connectivity index (χ2n) is 3.31. The molecular weight excluding hydrogens is 196 g/mol. The minimum atomic E-state index is -0.327. The average molecular weight is 216 g/mol. The smallest absolute Gasteiger partial charge is 0.333 e. The predicted molar refractivity (Wildman–Crippen MR) is 57.5 cm³/mol. The lowest BCUT2D eigenvalue weighted by molar-refractivity contribution is -0.139. The molecule has 0 radical (unpaired) electrons. The fourth-order valence-corrected chi connectivity index (χ4v) is 0.938. The monoisotopic (exact) mass is 216 g/mol. The van der Waals surface area contributed by atoms with Gasteiger partial charge in [-0.15, -0.1) is 0 Å². The van der Waals surface area contributed by atoms with Crippen LogP contribution >= 0.6 is 0 Å². The molecule has 15 heavy (non-hydrogen) atoms. The summed E-state index contributed by atoms with van der Waals surface area (Å²) >= 11 is 0. The fraction of sp³-hybridized carbons (Fsp3) is 0.727. The van der Waals surface area contributed by atoms with Crippen LogP contribution in [0.1, 0.15) is 26.2 Å². The van der Waals surface area contributed by atoms with Gasteiger partial charge in [-0.1, -0.05) is 6.58 Å². The molecular formula is C11H20O4. The number of ether oxygens (including phenoxy) is 2. The van der Waals surface area contributed by atoms with Crippen LogP contribution in [-0.4, -0.2) is 37.5 Å². The van der Waals surface area contributed by atoms with Gasteiger partial charge in [-0.05, 0) is 26.2 Å². The van der Waals surface area contributed by atoms with Gasteiger partial charge < -0.3 is 14.6 Å².